The molecule has 3 heteroatoms. The molecule has 0 saturated heterocycles. The second kappa shape index (κ2) is 4.20. The van der Waals surface area contributed by atoms with E-state index in [0.29, 0.717) is 0 Å². The molecule has 0 heterocycles. The van der Waals surface area contributed by atoms with Gasteiger partial charge in [-0.05, 0) is 35.1 Å². The predicted octanol–water partition coefficient (Wildman–Crippen LogP) is 4.02. The van der Waals surface area contributed by atoms with E-state index in [2.05, 4.69) is 34.3 Å². The molecule has 0 amide bonds. The van der Waals surface area contributed by atoms with Gasteiger partial charge in [-0.2, -0.15) is 0 Å². The molecule has 0 spiro atoms. The smallest absolute Gasteiger partial charge is 0.0600 e. The zero-order valence-electron chi connectivity index (χ0n) is 8.72. The number of rotatable bonds is 2. The number of fused-ring (bicyclic) bond motifs is 1. The minimum atomic E-state index is -0.0727. The van der Waals surface area contributed by atoms with Crippen molar-refractivity contribution in [3.63, 3.8) is 0 Å². The van der Waals surface area contributed by atoms with Gasteiger partial charge in [-0.3, -0.25) is 0 Å². The maximum absolute atomic E-state index is 8.45. The van der Waals surface area contributed by atoms with E-state index in [-0.39, 0.29) is 6.04 Å². The Labute approximate surface area is 89.1 Å². The molecule has 1 atom stereocenters. The molecule has 0 unspecified atom stereocenters. The molecule has 76 valence electrons. The van der Waals surface area contributed by atoms with Crippen molar-refractivity contribution in [1.29, 1.82) is 0 Å². The minimum absolute atomic E-state index is 0.0727. The summed E-state index contributed by atoms with van der Waals surface area (Å²) in [7, 11) is 0. The number of benzene rings is 1. The second-order valence-corrected chi connectivity index (χ2v) is 3.74. The van der Waals surface area contributed by atoms with Crippen molar-refractivity contribution in [2.24, 2.45) is 5.11 Å². The van der Waals surface area contributed by atoms with E-state index in [4.69, 9.17) is 5.53 Å². The van der Waals surface area contributed by atoms with Gasteiger partial charge in [-0.25, -0.2) is 0 Å². The summed E-state index contributed by atoms with van der Waals surface area (Å²) < 4.78 is 0. The Morgan fingerprint density at radius 1 is 1.47 bits per heavy atom. The Balaban J connectivity index is 2.48. The first kappa shape index (κ1) is 9.81. The van der Waals surface area contributed by atoms with E-state index in [9.17, 15) is 0 Å². The van der Waals surface area contributed by atoms with Crippen molar-refractivity contribution >= 4 is 6.08 Å². The highest BCUT2D eigenvalue weighted by atomic mass is 15.1. The van der Waals surface area contributed by atoms with Gasteiger partial charge in [0.05, 0.1) is 6.04 Å². The van der Waals surface area contributed by atoms with Crippen molar-refractivity contribution in [1.82, 2.24) is 0 Å². The first-order valence-electron chi connectivity index (χ1n) is 5.15. The first-order valence-corrected chi connectivity index (χ1v) is 5.15. The van der Waals surface area contributed by atoms with Gasteiger partial charge in [0, 0.05) is 4.91 Å². The number of hydrogen-bond acceptors (Lipinski definition) is 1. The van der Waals surface area contributed by atoms with E-state index < -0.39 is 0 Å². The van der Waals surface area contributed by atoms with Crippen LogP contribution >= 0.6 is 0 Å². The average Bonchev–Trinajstić information content (AvgIpc) is 2.28. The second-order valence-electron chi connectivity index (χ2n) is 3.74. The summed E-state index contributed by atoms with van der Waals surface area (Å²) in [5, 5.41) is 3.76. The van der Waals surface area contributed by atoms with Gasteiger partial charge in [-0.15, -0.1) is 0 Å². The summed E-state index contributed by atoms with van der Waals surface area (Å²) >= 11 is 0. The van der Waals surface area contributed by atoms with Gasteiger partial charge in [-0.1, -0.05) is 42.4 Å². The van der Waals surface area contributed by atoms with Crippen LogP contribution < -0.4 is 0 Å². The van der Waals surface area contributed by atoms with Crippen LogP contribution in [0.3, 0.4) is 0 Å². The Kier molecular flexibility index (Phi) is 2.75. The van der Waals surface area contributed by atoms with E-state index in [1.54, 1.807) is 0 Å². The summed E-state index contributed by atoms with van der Waals surface area (Å²) in [4.78, 5) is 2.87. The van der Waals surface area contributed by atoms with Crippen molar-refractivity contribution in [3.8, 4) is 0 Å². The fourth-order valence-corrected chi connectivity index (χ4v) is 2.04. The topological polar surface area (TPSA) is 48.8 Å². The lowest BCUT2D eigenvalue weighted by Crippen LogP contribution is -2.01. The molecule has 0 N–H and O–H groups in total. The van der Waals surface area contributed by atoms with Gasteiger partial charge < -0.3 is 0 Å². The zero-order chi connectivity index (χ0) is 10.7. The van der Waals surface area contributed by atoms with Crippen LogP contribution in [0.25, 0.3) is 16.5 Å². The fourth-order valence-electron chi connectivity index (χ4n) is 2.04. The third-order valence-electron chi connectivity index (χ3n) is 2.78. The Bertz CT molecular complexity index is 442. The first-order chi connectivity index (χ1) is 7.33. The molecule has 0 fully saturated rings. The van der Waals surface area contributed by atoms with Gasteiger partial charge in [0.25, 0.3) is 0 Å². The molecule has 1 aliphatic rings. The van der Waals surface area contributed by atoms with E-state index in [0.717, 1.165) is 18.4 Å². The maximum atomic E-state index is 8.45. The van der Waals surface area contributed by atoms with Crippen LogP contribution in [0.15, 0.2) is 29.4 Å². The SMILES string of the molecule is C[C@H](N=[N+]=[N-])c1cccc2c1CCC=C2. The monoisotopic (exact) mass is 199 g/mol. The van der Waals surface area contributed by atoms with Crippen molar-refractivity contribution in [2.75, 3.05) is 0 Å². The highest BCUT2D eigenvalue weighted by Gasteiger charge is 2.12. The highest BCUT2D eigenvalue weighted by Crippen LogP contribution is 2.28. The normalized spacial score (nSPS) is 15.3. The molecule has 1 aromatic carbocycles. The molecule has 0 bridgehead atoms. The van der Waals surface area contributed by atoms with Crippen LogP contribution in [0.4, 0.5) is 0 Å². The van der Waals surface area contributed by atoms with Crippen LogP contribution in [0.5, 0.6) is 0 Å². The lowest BCUT2D eigenvalue weighted by Gasteiger charge is -2.17. The van der Waals surface area contributed by atoms with Crippen LogP contribution in [0.2, 0.25) is 0 Å². The summed E-state index contributed by atoms with van der Waals surface area (Å²) in [5.74, 6) is 0. The van der Waals surface area contributed by atoms with Crippen molar-refractivity contribution in [2.45, 2.75) is 25.8 Å². The largest absolute Gasteiger partial charge is 0.0862 e. The molecule has 0 aromatic heterocycles. The standard InChI is InChI=1S/C12H13N3/c1-9(14-15-13)11-8-4-6-10-5-2-3-7-12(10)11/h2,4-6,8-9H,3,7H2,1H3/t9-/m0/s1. The van der Waals surface area contributed by atoms with Gasteiger partial charge in [0.1, 0.15) is 0 Å². The molecule has 3 nitrogen and oxygen atoms in total. The van der Waals surface area contributed by atoms with Crippen LogP contribution in [0.1, 0.15) is 36.1 Å². The third kappa shape index (κ3) is 1.88. The van der Waals surface area contributed by atoms with Gasteiger partial charge in [0.15, 0.2) is 0 Å². The Morgan fingerprint density at radius 2 is 2.33 bits per heavy atom. The maximum Gasteiger partial charge on any atom is 0.0600 e. The summed E-state index contributed by atoms with van der Waals surface area (Å²) in [6.07, 6.45) is 6.45. The fraction of sp³-hybridized carbons (Fsp3) is 0.333. The van der Waals surface area contributed by atoms with E-state index >= 15 is 0 Å². The van der Waals surface area contributed by atoms with Crippen LogP contribution in [-0.4, -0.2) is 0 Å². The van der Waals surface area contributed by atoms with Gasteiger partial charge >= 0.3 is 0 Å². The lowest BCUT2D eigenvalue weighted by molar-refractivity contribution is 0.783. The number of hydrogen-bond donors (Lipinski definition) is 0. The molecule has 1 aromatic rings. The van der Waals surface area contributed by atoms with Crippen LogP contribution in [0, 0.1) is 0 Å². The Hall–Kier alpha value is -1.73. The molecule has 2 rings (SSSR count). The minimum Gasteiger partial charge on any atom is -0.0862 e. The van der Waals surface area contributed by atoms with Gasteiger partial charge in [0.2, 0.25) is 0 Å². The lowest BCUT2D eigenvalue weighted by atomic mass is 9.90. The molecule has 0 saturated carbocycles. The number of azide groups is 1. The zero-order valence-corrected chi connectivity index (χ0v) is 8.72. The molecule has 1 aliphatic carbocycles. The number of nitrogens with zero attached hydrogens (tertiary/aromatic N) is 3. The summed E-state index contributed by atoms with van der Waals surface area (Å²) in [6, 6.07) is 6.11. The predicted molar refractivity (Wildman–Crippen MR) is 61.4 cm³/mol. The quantitative estimate of drug-likeness (QED) is 0.392. The Morgan fingerprint density at radius 3 is 3.13 bits per heavy atom. The summed E-state index contributed by atoms with van der Waals surface area (Å²) in [6.45, 7) is 1.94. The van der Waals surface area contributed by atoms with Crippen LogP contribution in [-0.2, 0) is 6.42 Å². The third-order valence-corrected chi connectivity index (χ3v) is 2.78. The average molecular weight is 199 g/mol. The van der Waals surface area contributed by atoms with Crippen molar-refractivity contribution in [3.05, 3.63) is 51.4 Å². The molecule has 0 aliphatic heterocycles. The molecular formula is C12H13N3. The summed E-state index contributed by atoms with van der Waals surface area (Å²) in [5.41, 5.74) is 12.2. The molecular weight excluding hydrogens is 186 g/mol. The molecule has 15 heavy (non-hydrogen) atoms. The number of allylic oxidation sites excluding steroid dienone is 1. The molecule has 0 radical (unpaired) electrons. The van der Waals surface area contributed by atoms with E-state index in [1.807, 2.05) is 13.0 Å². The van der Waals surface area contributed by atoms with Crippen molar-refractivity contribution < 1.29 is 0 Å². The highest BCUT2D eigenvalue weighted by molar-refractivity contribution is 5.58. The van der Waals surface area contributed by atoms with E-state index in [1.165, 1.54) is 11.1 Å².